The second-order valence-electron chi connectivity index (χ2n) is 2.47. The van der Waals surface area contributed by atoms with Crippen LogP contribution in [0.1, 0.15) is 6.42 Å². The molecule has 1 aliphatic rings. The van der Waals surface area contributed by atoms with Crippen molar-refractivity contribution in [3.63, 3.8) is 0 Å². The second kappa shape index (κ2) is 12.2. The van der Waals surface area contributed by atoms with Gasteiger partial charge in [0.25, 0.3) is 0 Å². The van der Waals surface area contributed by atoms with Crippen molar-refractivity contribution in [2.24, 2.45) is 0 Å². The summed E-state index contributed by atoms with van der Waals surface area (Å²) in [5.41, 5.74) is 0. The maximum atomic E-state index is 3.39. The first-order valence-corrected chi connectivity index (χ1v) is 5.15. The van der Waals surface area contributed by atoms with E-state index in [9.17, 15) is 0 Å². The Bertz CT molecular complexity index is 52.6. The maximum Gasteiger partial charge on any atom is 0.00585 e. The van der Waals surface area contributed by atoms with E-state index >= 15 is 0 Å². The summed E-state index contributed by atoms with van der Waals surface area (Å²) in [4.78, 5) is 0. The molecule has 1 heterocycles. The molecular formula is C7H18Br2N2S. The van der Waals surface area contributed by atoms with Crippen LogP contribution in [0.25, 0.3) is 0 Å². The van der Waals surface area contributed by atoms with E-state index in [0.29, 0.717) is 0 Å². The molecule has 2 N–H and O–H groups in total. The summed E-state index contributed by atoms with van der Waals surface area (Å²) < 4.78 is 0. The van der Waals surface area contributed by atoms with Crippen LogP contribution in [-0.4, -0.2) is 37.7 Å². The van der Waals surface area contributed by atoms with E-state index in [2.05, 4.69) is 10.6 Å². The van der Waals surface area contributed by atoms with Crippen molar-refractivity contribution < 1.29 is 0 Å². The minimum atomic E-state index is 0. The molecule has 76 valence electrons. The van der Waals surface area contributed by atoms with Crippen LogP contribution < -0.4 is 10.6 Å². The largest absolute Gasteiger partial charge is 0.316 e. The molecule has 5 heteroatoms. The van der Waals surface area contributed by atoms with E-state index in [1.54, 1.807) is 0 Å². The summed E-state index contributed by atoms with van der Waals surface area (Å²) in [5, 5.41) is 6.79. The highest BCUT2D eigenvalue weighted by Crippen LogP contribution is 1.96. The zero-order valence-corrected chi connectivity index (χ0v) is 11.4. The third kappa shape index (κ3) is 9.32. The van der Waals surface area contributed by atoms with Gasteiger partial charge in [-0.05, 0) is 19.5 Å². The average molecular weight is 322 g/mol. The number of nitrogens with one attached hydrogen (secondary N) is 2. The topological polar surface area (TPSA) is 24.1 Å². The van der Waals surface area contributed by atoms with Crippen molar-refractivity contribution in [3.05, 3.63) is 0 Å². The molecule has 0 atom stereocenters. The molecule has 0 radical (unpaired) electrons. The smallest absolute Gasteiger partial charge is 0.00585 e. The van der Waals surface area contributed by atoms with Gasteiger partial charge in [-0.15, -0.1) is 34.0 Å². The molecule has 1 saturated heterocycles. The van der Waals surface area contributed by atoms with Gasteiger partial charge in [0.15, 0.2) is 0 Å². The molecular weight excluding hydrogens is 304 g/mol. The van der Waals surface area contributed by atoms with E-state index in [4.69, 9.17) is 0 Å². The Morgan fingerprint density at radius 2 is 1.25 bits per heavy atom. The summed E-state index contributed by atoms with van der Waals surface area (Å²) in [5.74, 6) is 2.53. The summed E-state index contributed by atoms with van der Waals surface area (Å²) in [6, 6.07) is 0. The van der Waals surface area contributed by atoms with Crippen LogP contribution in [0.5, 0.6) is 0 Å². The molecule has 0 aliphatic carbocycles. The molecule has 0 unspecified atom stereocenters. The monoisotopic (exact) mass is 320 g/mol. The minimum Gasteiger partial charge on any atom is -0.316 e. The van der Waals surface area contributed by atoms with Crippen molar-refractivity contribution >= 4 is 45.7 Å². The van der Waals surface area contributed by atoms with Gasteiger partial charge in [0.1, 0.15) is 0 Å². The Hall–Kier alpha value is 1.23. The van der Waals surface area contributed by atoms with Crippen molar-refractivity contribution in [2.45, 2.75) is 6.42 Å². The van der Waals surface area contributed by atoms with Gasteiger partial charge in [0.2, 0.25) is 0 Å². The summed E-state index contributed by atoms with van der Waals surface area (Å²) >= 11 is 2.03. The van der Waals surface area contributed by atoms with Crippen LogP contribution in [0.2, 0.25) is 0 Å². The van der Waals surface area contributed by atoms with Crippen LogP contribution >= 0.6 is 45.7 Å². The number of rotatable bonds is 0. The summed E-state index contributed by atoms with van der Waals surface area (Å²) in [6.07, 6.45) is 1.27. The fraction of sp³-hybridized carbons (Fsp3) is 1.00. The third-order valence-corrected chi connectivity index (χ3v) is 2.54. The van der Waals surface area contributed by atoms with Gasteiger partial charge in [0.05, 0.1) is 0 Å². The maximum absolute atomic E-state index is 3.39. The molecule has 1 aliphatic heterocycles. The highest BCUT2D eigenvalue weighted by molar-refractivity contribution is 8.93. The Kier molecular flexibility index (Phi) is 16.0. The second-order valence-corrected chi connectivity index (χ2v) is 3.69. The molecule has 1 fully saturated rings. The fourth-order valence-corrected chi connectivity index (χ4v) is 1.76. The van der Waals surface area contributed by atoms with E-state index < -0.39 is 0 Å². The summed E-state index contributed by atoms with van der Waals surface area (Å²) in [7, 11) is 0. The SMILES string of the molecule is Br.Br.C1CNCCSCCNC1. The van der Waals surface area contributed by atoms with E-state index in [-0.39, 0.29) is 34.0 Å². The van der Waals surface area contributed by atoms with Gasteiger partial charge in [-0.3, -0.25) is 0 Å². The molecule has 0 aromatic heterocycles. The van der Waals surface area contributed by atoms with Gasteiger partial charge in [-0.1, -0.05) is 0 Å². The Labute approximate surface area is 100 Å². The fourth-order valence-electron chi connectivity index (χ4n) is 0.979. The van der Waals surface area contributed by atoms with Gasteiger partial charge in [-0.2, -0.15) is 11.8 Å². The number of hydrogen-bond donors (Lipinski definition) is 2. The molecule has 12 heavy (non-hydrogen) atoms. The third-order valence-electron chi connectivity index (χ3n) is 1.55. The molecule has 0 aromatic carbocycles. The normalized spacial score (nSPS) is 20.0. The van der Waals surface area contributed by atoms with Crippen LogP contribution in [0.4, 0.5) is 0 Å². The highest BCUT2D eigenvalue weighted by Gasteiger charge is 1.93. The van der Waals surface area contributed by atoms with Crippen LogP contribution in [-0.2, 0) is 0 Å². The average Bonchev–Trinajstić information content (AvgIpc) is 2.01. The van der Waals surface area contributed by atoms with E-state index in [1.807, 2.05) is 11.8 Å². The first-order valence-electron chi connectivity index (χ1n) is 3.99. The summed E-state index contributed by atoms with van der Waals surface area (Å²) in [6.45, 7) is 4.72. The molecule has 0 spiro atoms. The zero-order valence-electron chi connectivity index (χ0n) is 7.17. The van der Waals surface area contributed by atoms with Crippen LogP contribution in [0.15, 0.2) is 0 Å². The standard InChI is InChI=1S/C7H16N2S.2BrH/c1-2-8-4-6-10-7-5-9-3-1;;/h8-9H,1-7H2;2*1H. The molecule has 0 amide bonds. The number of hydrogen-bond acceptors (Lipinski definition) is 3. The van der Waals surface area contributed by atoms with Gasteiger partial charge in [-0.25, -0.2) is 0 Å². The van der Waals surface area contributed by atoms with Crippen LogP contribution in [0, 0.1) is 0 Å². The van der Waals surface area contributed by atoms with Crippen molar-refractivity contribution in [1.82, 2.24) is 10.6 Å². The van der Waals surface area contributed by atoms with Crippen molar-refractivity contribution in [1.29, 1.82) is 0 Å². The predicted octanol–water partition coefficient (Wildman–Crippen LogP) is 1.46. The van der Waals surface area contributed by atoms with Crippen molar-refractivity contribution in [3.8, 4) is 0 Å². The first-order chi connectivity index (χ1) is 5.00. The van der Waals surface area contributed by atoms with Gasteiger partial charge < -0.3 is 10.6 Å². The Balaban J connectivity index is 0. The quantitative estimate of drug-likeness (QED) is 0.706. The van der Waals surface area contributed by atoms with Gasteiger partial charge in [0, 0.05) is 24.6 Å². The van der Waals surface area contributed by atoms with Crippen molar-refractivity contribution in [2.75, 3.05) is 37.7 Å². The lowest BCUT2D eigenvalue weighted by molar-refractivity contribution is 0.618. The first kappa shape index (κ1) is 15.7. The van der Waals surface area contributed by atoms with E-state index in [0.717, 1.165) is 0 Å². The predicted molar refractivity (Wildman–Crippen MR) is 68.3 cm³/mol. The molecule has 0 bridgehead atoms. The highest BCUT2D eigenvalue weighted by atomic mass is 79.9. The lowest BCUT2D eigenvalue weighted by atomic mass is 10.4. The minimum absolute atomic E-state index is 0. The number of halogens is 2. The molecule has 1 rings (SSSR count). The Morgan fingerprint density at radius 1 is 0.750 bits per heavy atom. The van der Waals surface area contributed by atoms with E-state index in [1.165, 1.54) is 44.1 Å². The zero-order chi connectivity index (χ0) is 7.07. The molecule has 2 nitrogen and oxygen atoms in total. The molecule has 0 saturated carbocycles. The van der Waals surface area contributed by atoms with Crippen LogP contribution in [0.3, 0.4) is 0 Å². The Morgan fingerprint density at radius 3 is 1.75 bits per heavy atom. The lowest BCUT2D eigenvalue weighted by Gasteiger charge is -2.09. The van der Waals surface area contributed by atoms with Gasteiger partial charge >= 0.3 is 0 Å². The number of thioether (sulfide) groups is 1. The molecule has 0 aromatic rings. The lowest BCUT2D eigenvalue weighted by Crippen LogP contribution is -2.27.